The zero-order valence-electron chi connectivity index (χ0n) is 17.8. The van der Waals surface area contributed by atoms with Crippen LogP contribution in [-0.4, -0.2) is 56.3 Å². The Hall–Kier alpha value is -2.59. The van der Waals surface area contributed by atoms with Crippen molar-refractivity contribution >= 4 is 33.0 Å². The molecule has 3 heterocycles. The van der Waals surface area contributed by atoms with Crippen LogP contribution in [0.3, 0.4) is 0 Å². The van der Waals surface area contributed by atoms with E-state index in [0.29, 0.717) is 38.4 Å². The fourth-order valence-electron chi connectivity index (χ4n) is 3.62. The maximum atomic E-state index is 13.1. The minimum Gasteiger partial charge on any atom is -0.379 e. The number of anilines is 1. The number of Topliss-reactive ketones (excluding diaryl/α,β-unsaturated/α-hetero) is 1. The van der Waals surface area contributed by atoms with Crippen LogP contribution in [0.1, 0.15) is 20.8 Å². The van der Waals surface area contributed by atoms with Gasteiger partial charge in [0.1, 0.15) is 5.82 Å². The standard InChI is InChI=1S/C23H25N3O4S2/c1-18-4-2-10-24-23(18)25(16-20-5-3-15-31-20)17-22(27)19-6-8-21(9-7-19)32(28,29)26-11-13-30-14-12-26/h2-10,15H,11-14,16-17H2,1H3. The van der Waals surface area contributed by atoms with E-state index in [4.69, 9.17) is 4.74 Å². The first-order valence-electron chi connectivity index (χ1n) is 10.4. The van der Waals surface area contributed by atoms with Gasteiger partial charge in [-0.05, 0) is 54.3 Å². The number of rotatable bonds is 8. The number of pyridine rings is 1. The number of carbonyl (C=O) groups excluding carboxylic acids is 1. The number of nitrogens with zero attached hydrogens (tertiary/aromatic N) is 3. The molecule has 0 spiro atoms. The smallest absolute Gasteiger partial charge is 0.243 e. The van der Waals surface area contributed by atoms with Crippen molar-refractivity contribution < 1.29 is 17.9 Å². The van der Waals surface area contributed by atoms with Crippen LogP contribution in [-0.2, 0) is 21.3 Å². The molecule has 0 saturated carbocycles. The van der Waals surface area contributed by atoms with E-state index in [9.17, 15) is 13.2 Å². The van der Waals surface area contributed by atoms with E-state index in [2.05, 4.69) is 4.98 Å². The number of morpholine rings is 1. The van der Waals surface area contributed by atoms with E-state index >= 15 is 0 Å². The van der Waals surface area contributed by atoms with Gasteiger partial charge in [0.25, 0.3) is 0 Å². The summed E-state index contributed by atoms with van der Waals surface area (Å²) in [5.41, 5.74) is 1.46. The Morgan fingerprint density at radius 3 is 2.53 bits per heavy atom. The van der Waals surface area contributed by atoms with Gasteiger partial charge in [0, 0.05) is 29.7 Å². The molecule has 0 bridgehead atoms. The van der Waals surface area contributed by atoms with Crippen LogP contribution in [0.2, 0.25) is 0 Å². The predicted octanol–water partition coefficient (Wildman–Crippen LogP) is 3.36. The summed E-state index contributed by atoms with van der Waals surface area (Å²) in [7, 11) is -3.59. The molecule has 32 heavy (non-hydrogen) atoms. The molecule has 0 amide bonds. The Bertz CT molecular complexity index is 1160. The van der Waals surface area contributed by atoms with E-state index in [1.54, 1.807) is 29.7 Å². The first-order valence-corrected chi connectivity index (χ1v) is 12.7. The Morgan fingerprint density at radius 1 is 1.12 bits per heavy atom. The summed E-state index contributed by atoms with van der Waals surface area (Å²) in [6, 6.07) is 14.1. The van der Waals surface area contributed by atoms with Gasteiger partial charge >= 0.3 is 0 Å². The Morgan fingerprint density at radius 2 is 1.88 bits per heavy atom. The van der Waals surface area contributed by atoms with Crippen molar-refractivity contribution in [3.63, 3.8) is 0 Å². The number of ketones is 1. The van der Waals surface area contributed by atoms with Gasteiger partial charge in [-0.15, -0.1) is 11.3 Å². The van der Waals surface area contributed by atoms with Gasteiger partial charge in [0.15, 0.2) is 5.78 Å². The number of carbonyl (C=O) groups is 1. The number of aryl methyl sites for hydroxylation is 1. The molecule has 0 atom stereocenters. The second kappa shape index (κ2) is 9.91. The quantitative estimate of drug-likeness (QED) is 0.469. The number of aromatic nitrogens is 1. The Balaban J connectivity index is 1.52. The Kier molecular flexibility index (Phi) is 7.00. The molecule has 1 saturated heterocycles. The van der Waals surface area contributed by atoms with Crippen molar-refractivity contribution in [1.82, 2.24) is 9.29 Å². The van der Waals surface area contributed by atoms with Crippen molar-refractivity contribution in [3.05, 3.63) is 76.1 Å². The topological polar surface area (TPSA) is 79.8 Å². The zero-order chi connectivity index (χ0) is 22.6. The average Bonchev–Trinajstić information content (AvgIpc) is 3.33. The van der Waals surface area contributed by atoms with E-state index in [0.717, 1.165) is 16.3 Å². The number of sulfonamides is 1. The monoisotopic (exact) mass is 471 g/mol. The minimum atomic E-state index is -3.59. The lowest BCUT2D eigenvalue weighted by Gasteiger charge is -2.26. The van der Waals surface area contributed by atoms with E-state index in [1.165, 1.54) is 16.4 Å². The molecule has 168 valence electrons. The molecule has 0 radical (unpaired) electrons. The maximum absolute atomic E-state index is 13.1. The number of thiophene rings is 1. The lowest BCUT2D eigenvalue weighted by molar-refractivity contribution is 0.0730. The molecule has 3 aromatic rings. The van der Waals surface area contributed by atoms with Gasteiger partial charge in [-0.3, -0.25) is 4.79 Å². The van der Waals surface area contributed by atoms with E-state index in [1.807, 2.05) is 41.5 Å². The molecular weight excluding hydrogens is 446 g/mol. The van der Waals surface area contributed by atoms with Crippen LogP contribution in [0.25, 0.3) is 0 Å². The molecule has 2 aromatic heterocycles. The first-order chi connectivity index (χ1) is 15.4. The Labute approximate surface area is 192 Å². The van der Waals surface area contributed by atoms with Crippen LogP contribution in [0.15, 0.2) is 65.0 Å². The molecule has 1 aliphatic heterocycles. The van der Waals surface area contributed by atoms with Crippen molar-refractivity contribution in [3.8, 4) is 0 Å². The highest BCUT2D eigenvalue weighted by atomic mass is 32.2. The van der Waals surface area contributed by atoms with Crippen LogP contribution >= 0.6 is 11.3 Å². The van der Waals surface area contributed by atoms with Crippen molar-refractivity contribution in [2.45, 2.75) is 18.4 Å². The van der Waals surface area contributed by atoms with Crippen LogP contribution in [0.4, 0.5) is 5.82 Å². The third kappa shape index (κ3) is 5.07. The minimum absolute atomic E-state index is 0.0954. The first kappa shape index (κ1) is 22.6. The van der Waals surface area contributed by atoms with E-state index < -0.39 is 10.0 Å². The van der Waals surface area contributed by atoms with Crippen LogP contribution < -0.4 is 4.90 Å². The number of ether oxygens (including phenoxy) is 1. The summed E-state index contributed by atoms with van der Waals surface area (Å²) in [6.45, 7) is 4.15. The molecule has 7 nitrogen and oxygen atoms in total. The third-order valence-electron chi connectivity index (χ3n) is 5.33. The maximum Gasteiger partial charge on any atom is 0.243 e. The van der Waals surface area contributed by atoms with Gasteiger partial charge in [0.2, 0.25) is 10.0 Å². The highest BCUT2D eigenvalue weighted by Crippen LogP contribution is 2.22. The summed E-state index contributed by atoms with van der Waals surface area (Å²) in [5.74, 6) is 0.669. The van der Waals surface area contributed by atoms with Crippen LogP contribution in [0, 0.1) is 6.92 Å². The normalized spacial score (nSPS) is 14.9. The molecule has 0 aliphatic carbocycles. The number of hydrogen-bond acceptors (Lipinski definition) is 7. The summed E-state index contributed by atoms with van der Waals surface area (Å²) in [4.78, 5) is 20.9. The molecule has 0 N–H and O–H groups in total. The zero-order valence-corrected chi connectivity index (χ0v) is 19.4. The van der Waals surface area contributed by atoms with Crippen molar-refractivity contribution in [1.29, 1.82) is 0 Å². The largest absolute Gasteiger partial charge is 0.379 e. The lowest BCUT2D eigenvalue weighted by atomic mass is 10.1. The summed E-state index contributed by atoms with van der Waals surface area (Å²) in [6.07, 6.45) is 1.72. The molecule has 0 unspecified atom stereocenters. The number of benzene rings is 1. The molecule has 1 aromatic carbocycles. The summed E-state index contributed by atoms with van der Waals surface area (Å²) in [5, 5.41) is 2.01. The third-order valence-corrected chi connectivity index (χ3v) is 8.10. The summed E-state index contributed by atoms with van der Waals surface area (Å²) >= 11 is 1.63. The van der Waals surface area contributed by atoms with Crippen molar-refractivity contribution in [2.24, 2.45) is 0 Å². The second-order valence-electron chi connectivity index (χ2n) is 7.54. The summed E-state index contributed by atoms with van der Waals surface area (Å²) < 4.78 is 32.3. The fourth-order valence-corrected chi connectivity index (χ4v) is 5.75. The highest BCUT2D eigenvalue weighted by Gasteiger charge is 2.26. The molecule has 9 heteroatoms. The van der Waals surface area contributed by atoms with Crippen molar-refractivity contribution in [2.75, 3.05) is 37.7 Å². The predicted molar refractivity (Wildman–Crippen MR) is 125 cm³/mol. The SMILES string of the molecule is Cc1cccnc1N(CC(=O)c1ccc(S(=O)(=O)N2CCOCC2)cc1)Cc1cccs1. The fraction of sp³-hybridized carbons (Fsp3) is 0.304. The average molecular weight is 472 g/mol. The van der Waals surface area contributed by atoms with Gasteiger partial charge < -0.3 is 9.64 Å². The van der Waals surface area contributed by atoms with E-state index in [-0.39, 0.29) is 17.2 Å². The second-order valence-corrected chi connectivity index (χ2v) is 10.5. The van der Waals surface area contributed by atoms with Gasteiger partial charge in [-0.25, -0.2) is 13.4 Å². The van der Waals surface area contributed by atoms with Gasteiger partial charge in [-0.2, -0.15) is 4.31 Å². The molecule has 4 rings (SSSR count). The van der Waals surface area contributed by atoms with Gasteiger partial charge in [-0.1, -0.05) is 12.1 Å². The van der Waals surface area contributed by atoms with Gasteiger partial charge in [0.05, 0.1) is 31.2 Å². The lowest BCUT2D eigenvalue weighted by Crippen LogP contribution is -2.40. The molecular formula is C23H25N3O4S2. The highest BCUT2D eigenvalue weighted by molar-refractivity contribution is 7.89. The number of hydrogen-bond donors (Lipinski definition) is 0. The molecule has 1 fully saturated rings. The molecule has 1 aliphatic rings. The van der Waals surface area contributed by atoms with Crippen LogP contribution in [0.5, 0.6) is 0 Å².